The first-order valence-corrected chi connectivity index (χ1v) is 12.0. The second-order valence-electron chi connectivity index (χ2n) is 9.21. The van der Waals surface area contributed by atoms with Gasteiger partial charge >= 0.3 is 0 Å². The van der Waals surface area contributed by atoms with Gasteiger partial charge in [0, 0.05) is 51.5 Å². The lowest BCUT2D eigenvalue weighted by Crippen LogP contribution is -2.45. The number of likely N-dealkylation sites (N-methyl/N-ethyl adjacent to an activating group) is 1. The number of aromatic hydroxyl groups is 2. The second kappa shape index (κ2) is 12.1. The number of ether oxygens (including phenoxy) is 2. The van der Waals surface area contributed by atoms with Crippen molar-refractivity contribution in [1.29, 1.82) is 5.41 Å². The fourth-order valence-electron chi connectivity index (χ4n) is 4.18. The number of benzene rings is 2. The molecule has 2 aromatic rings. The zero-order valence-electron chi connectivity index (χ0n) is 21.3. The number of phenols is 2. The predicted octanol–water partition coefficient (Wildman–Crippen LogP) is 3.95. The molecule has 3 N–H and O–H groups in total. The van der Waals surface area contributed by atoms with Crippen LogP contribution in [0.3, 0.4) is 0 Å². The number of phenolic OH excluding ortho intramolecular Hbond substituents is 2. The Morgan fingerprint density at radius 3 is 2.46 bits per heavy atom. The summed E-state index contributed by atoms with van der Waals surface area (Å²) in [6, 6.07) is 10.6. The van der Waals surface area contributed by atoms with Crippen LogP contribution in [0.15, 0.2) is 43.0 Å². The molecular weight excluding hydrogens is 444 g/mol. The first-order chi connectivity index (χ1) is 16.7. The first kappa shape index (κ1) is 26.5. The van der Waals surface area contributed by atoms with E-state index in [1.165, 1.54) is 13.2 Å². The van der Waals surface area contributed by atoms with Crippen molar-refractivity contribution >= 4 is 17.2 Å². The van der Waals surface area contributed by atoms with Crippen molar-refractivity contribution in [2.75, 3.05) is 65.0 Å². The van der Waals surface area contributed by atoms with Crippen molar-refractivity contribution in [3.8, 4) is 17.2 Å². The lowest BCUT2D eigenvalue weighted by molar-refractivity contribution is 0.134. The molecule has 1 aliphatic heterocycles. The van der Waals surface area contributed by atoms with Gasteiger partial charge in [-0.2, -0.15) is 0 Å². The minimum absolute atomic E-state index is 0.0280. The quantitative estimate of drug-likeness (QED) is 0.349. The van der Waals surface area contributed by atoms with Gasteiger partial charge in [0.1, 0.15) is 36.3 Å². The second-order valence-corrected chi connectivity index (χ2v) is 9.21. The number of hydrogen-bond acceptors (Lipinski definition) is 7. The lowest BCUT2D eigenvalue weighted by atomic mass is 9.97. The fourth-order valence-corrected chi connectivity index (χ4v) is 4.18. The van der Waals surface area contributed by atoms with Gasteiger partial charge in [-0.3, -0.25) is 15.2 Å². The normalized spacial score (nSPS) is 14.8. The summed E-state index contributed by atoms with van der Waals surface area (Å²) in [4.78, 5) is 6.33. The zero-order valence-corrected chi connectivity index (χ0v) is 21.3. The van der Waals surface area contributed by atoms with Crippen LogP contribution in [0.2, 0.25) is 0 Å². The number of para-hydroxylation sites is 2. The summed E-state index contributed by atoms with van der Waals surface area (Å²) in [7, 11) is 3.67. The number of nitrogens with one attached hydrogen (secondary N) is 1. The van der Waals surface area contributed by atoms with E-state index in [0.717, 1.165) is 32.7 Å². The average Bonchev–Trinajstić information content (AvgIpc) is 2.81. The average molecular weight is 483 g/mol. The summed E-state index contributed by atoms with van der Waals surface area (Å²) in [5, 5.41) is 29.7. The number of hydrogen-bond donors (Lipinski definition) is 3. The highest BCUT2D eigenvalue weighted by molar-refractivity contribution is 6.09. The number of amidine groups is 1. The molecule has 0 atom stereocenters. The molecule has 8 heteroatoms. The van der Waals surface area contributed by atoms with Crippen LogP contribution in [0, 0.1) is 5.41 Å². The van der Waals surface area contributed by atoms with E-state index < -0.39 is 0 Å². The Hall–Kier alpha value is -3.07. The van der Waals surface area contributed by atoms with Gasteiger partial charge in [0.2, 0.25) is 0 Å². The predicted molar refractivity (Wildman–Crippen MR) is 141 cm³/mol. The Balaban J connectivity index is 1.89. The maximum Gasteiger partial charge on any atom is 0.143 e. The number of nitrogens with zero attached hydrogens (tertiary/aromatic N) is 3. The molecular formula is C27H38N4O4. The van der Waals surface area contributed by atoms with Crippen molar-refractivity contribution in [3.63, 3.8) is 0 Å². The molecule has 2 aromatic carbocycles. The maximum absolute atomic E-state index is 10.7. The van der Waals surface area contributed by atoms with Crippen molar-refractivity contribution in [3.05, 3.63) is 54.1 Å². The molecule has 0 unspecified atom stereocenters. The molecule has 0 aliphatic carbocycles. The summed E-state index contributed by atoms with van der Waals surface area (Å²) in [6.07, 6.45) is 0. The van der Waals surface area contributed by atoms with Gasteiger partial charge in [-0.05, 0) is 36.7 Å². The Morgan fingerprint density at radius 2 is 1.80 bits per heavy atom. The highest BCUT2D eigenvalue weighted by Crippen LogP contribution is 2.39. The standard InChI is InChI=1S/C27H38N4O4/c1-19(2)21-16-22(25(33)17-24(21)32)20(3)31(27(28)18-34-5)23-8-6-7-9-26(23)35-15-14-30-12-10-29(4)11-13-30/h6-9,16-17,19,28,32-33H,3,10-15,18H2,1-2,4-5H3. The Labute approximate surface area is 208 Å². The lowest BCUT2D eigenvalue weighted by Gasteiger charge is -2.32. The minimum atomic E-state index is -0.111. The van der Waals surface area contributed by atoms with Crippen LogP contribution in [0.5, 0.6) is 17.2 Å². The molecule has 0 aromatic heterocycles. The van der Waals surface area contributed by atoms with Gasteiger partial charge in [0.15, 0.2) is 0 Å². The topological polar surface area (TPSA) is 92.5 Å². The third kappa shape index (κ3) is 6.54. The van der Waals surface area contributed by atoms with Gasteiger partial charge in [-0.15, -0.1) is 0 Å². The first-order valence-electron chi connectivity index (χ1n) is 12.0. The van der Waals surface area contributed by atoms with E-state index in [2.05, 4.69) is 23.4 Å². The molecule has 1 aliphatic rings. The van der Waals surface area contributed by atoms with E-state index >= 15 is 0 Å². The van der Waals surface area contributed by atoms with Gasteiger partial charge in [0.05, 0.1) is 11.4 Å². The molecule has 3 rings (SSSR count). The molecule has 0 amide bonds. The van der Waals surface area contributed by atoms with Gasteiger partial charge in [-0.25, -0.2) is 0 Å². The number of anilines is 1. The number of methoxy groups -OCH3 is 1. The van der Waals surface area contributed by atoms with Crippen LogP contribution in [0.4, 0.5) is 5.69 Å². The summed E-state index contributed by atoms with van der Waals surface area (Å²) >= 11 is 0. The molecule has 0 radical (unpaired) electrons. The zero-order chi connectivity index (χ0) is 25.5. The van der Waals surface area contributed by atoms with E-state index in [1.807, 2.05) is 38.1 Å². The molecule has 190 valence electrons. The number of rotatable bonds is 10. The molecule has 1 saturated heterocycles. The van der Waals surface area contributed by atoms with Crippen LogP contribution in [0.25, 0.3) is 5.70 Å². The summed E-state index contributed by atoms with van der Waals surface area (Å²) < 4.78 is 11.4. The fraction of sp³-hybridized carbons (Fsp3) is 0.444. The van der Waals surface area contributed by atoms with Gasteiger partial charge in [-0.1, -0.05) is 32.6 Å². The van der Waals surface area contributed by atoms with Crippen molar-refractivity contribution < 1.29 is 19.7 Å². The minimum Gasteiger partial charge on any atom is -0.508 e. The smallest absolute Gasteiger partial charge is 0.143 e. The van der Waals surface area contributed by atoms with Gasteiger partial charge in [0.25, 0.3) is 0 Å². The summed E-state index contributed by atoms with van der Waals surface area (Å²) in [5.74, 6) is 0.720. The van der Waals surface area contributed by atoms with Crippen LogP contribution in [-0.2, 0) is 4.74 Å². The molecule has 8 nitrogen and oxygen atoms in total. The van der Waals surface area contributed by atoms with Crippen molar-refractivity contribution in [1.82, 2.24) is 9.80 Å². The van der Waals surface area contributed by atoms with Crippen LogP contribution in [0.1, 0.15) is 30.9 Å². The number of piperazine rings is 1. The Bertz CT molecular complexity index is 1030. The molecule has 0 saturated carbocycles. The largest absolute Gasteiger partial charge is 0.508 e. The van der Waals surface area contributed by atoms with Crippen LogP contribution < -0.4 is 9.64 Å². The van der Waals surface area contributed by atoms with Crippen LogP contribution >= 0.6 is 0 Å². The van der Waals surface area contributed by atoms with E-state index in [4.69, 9.17) is 14.9 Å². The molecule has 0 bridgehead atoms. The van der Waals surface area contributed by atoms with Crippen molar-refractivity contribution in [2.24, 2.45) is 0 Å². The highest BCUT2D eigenvalue weighted by Gasteiger charge is 2.24. The highest BCUT2D eigenvalue weighted by atomic mass is 16.5. The molecule has 35 heavy (non-hydrogen) atoms. The monoisotopic (exact) mass is 482 g/mol. The Morgan fingerprint density at radius 1 is 1.11 bits per heavy atom. The van der Waals surface area contributed by atoms with E-state index in [1.54, 1.807) is 11.0 Å². The van der Waals surface area contributed by atoms with Crippen LogP contribution in [-0.4, -0.2) is 85.9 Å². The van der Waals surface area contributed by atoms with E-state index in [0.29, 0.717) is 34.9 Å². The SMILES string of the molecule is C=C(c1cc(C(C)C)c(O)cc1O)N(C(=N)COC)c1ccccc1OCCN1CCN(C)CC1. The third-order valence-corrected chi connectivity index (χ3v) is 6.27. The third-order valence-electron chi connectivity index (χ3n) is 6.27. The summed E-state index contributed by atoms with van der Waals surface area (Å²) in [5.41, 5.74) is 2.14. The van der Waals surface area contributed by atoms with Crippen molar-refractivity contribution in [2.45, 2.75) is 19.8 Å². The molecule has 1 fully saturated rings. The Kier molecular flexibility index (Phi) is 9.14. The maximum atomic E-state index is 10.7. The molecule has 1 heterocycles. The van der Waals surface area contributed by atoms with E-state index in [9.17, 15) is 10.2 Å². The summed E-state index contributed by atoms with van der Waals surface area (Å²) in [6.45, 7) is 13.7. The van der Waals surface area contributed by atoms with Gasteiger partial charge < -0.3 is 24.6 Å². The van der Waals surface area contributed by atoms with E-state index in [-0.39, 0.29) is 29.9 Å². The molecule has 0 spiro atoms.